The molecule has 1 aliphatic heterocycles. The molecule has 46 heavy (non-hydrogen) atoms. The van der Waals surface area contributed by atoms with Crippen LogP contribution in [0.15, 0.2) is 133 Å². The maximum Gasteiger partial charge on any atom is 0.255 e. The van der Waals surface area contributed by atoms with Gasteiger partial charge in [0.1, 0.15) is 11.5 Å². The normalized spacial score (nSPS) is 17.2. The first-order valence-electron chi connectivity index (χ1n) is 15.2. The van der Waals surface area contributed by atoms with Gasteiger partial charge in [-0.15, -0.1) is 0 Å². The molecule has 6 aromatic rings. The highest BCUT2D eigenvalue weighted by Crippen LogP contribution is 2.39. The second-order valence-electron chi connectivity index (χ2n) is 11.8. The van der Waals surface area contributed by atoms with Gasteiger partial charge in [-0.2, -0.15) is 0 Å². The molecule has 0 spiro atoms. The zero-order valence-corrected chi connectivity index (χ0v) is 25.0. The molecule has 0 aliphatic carbocycles. The molecule has 0 radical (unpaired) electrons. The van der Waals surface area contributed by atoms with Gasteiger partial charge in [-0.25, -0.2) is 0 Å². The quantitative estimate of drug-likeness (QED) is 0.152. The first-order chi connectivity index (χ1) is 22.4. The summed E-state index contributed by atoms with van der Waals surface area (Å²) in [5.74, 6) is -1.21. The average Bonchev–Trinajstić information content (AvgIpc) is 3.08. The van der Waals surface area contributed by atoms with Gasteiger partial charge < -0.3 is 20.8 Å². The third-order valence-corrected chi connectivity index (χ3v) is 8.82. The Hall–Kier alpha value is -5.88. The number of rotatable bonds is 2. The largest absolute Gasteiger partial charge is 0.507 e. The summed E-state index contributed by atoms with van der Waals surface area (Å²) >= 11 is 0. The number of carbonyl (C=O) groups excluding carboxylic acids is 2. The van der Waals surface area contributed by atoms with Crippen LogP contribution in [0.5, 0.6) is 11.5 Å². The van der Waals surface area contributed by atoms with Gasteiger partial charge in [0.2, 0.25) is 0 Å². The number of amides is 2. The SMILES string of the molecule is C=C1Cc2c(O)c(cc3ccccc23)C(=O)NC(c2ccccc2)[C@@H](c2ccccc2)NC(=O)c2cc3ccccc3c(c2O)C1. The molecule has 2 amide bonds. The summed E-state index contributed by atoms with van der Waals surface area (Å²) in [7, 11) is 0. The van der Waals surface area contributed by atoms with Crippen molar-refractivity contribution in [2.75, 3.05) is 0 Å². The molecule has 1 aliphatic rings. The summed E-state index contributed by atoms with van der Waals surface area (Å²) in [6.07, 6.45) is 0.513. The van der Waals surface area contributed by atoms with Crippen LogP contribution in [0.4, 0.5) is 0 Å². The Labute approximate surface area is 266 Å². The fourth-order valence-corrected chi connectivity index (χ4v) is 6.57. The van der Waals surface area contributed by atoms with Crippen LogP contribution in [0, 0.1) is 0 Å². The van der Waals surface area contributed by atoms with E-state index in [2.05, 4.69) is 17.2 Å². The van der Waals surface area contributed by atoms with E-state index in [1.54, 1.807) is 12.1 Å². The summed E-state index contributed by atoms with van der Waals surface area (Å²) in [4.78, 5) is 28.4. The van der Waals surface area contributed by atoms with E-state index in [1.807, 2.05) is 109 Å². The molecular weight excluding hydrogens is 572 g/mol. The third kappa shape index (κ3) is 5.24. The van der Waals surface area contributed by atoms with Gasteiger partial charge >= 0.3 is 0 Å². The number of carbonyl (C=O) groups is 2. The highest BCUT2D eigenvalue weighted by molar-refractivity contribution is 6.05. The minimum Gasteiger partial charge on any atom is -0.507 e. The second-order valence-corrected chi connectivity index (χ2v) is 11.8. The lowest BCUT2D eigenvalue weighted by atomic mass is 9.90. The molecule has 2 atom stereocenters. The Bertz CT molecular complexity index is 1990. The van der Waals surface area contributed by atoms with E-state index in [9.17, 15) is 19.8 Å². The van der Waals surface area contributed by atoms with Crippen LogP contribution in [0.2, 0.25) is 0 Å². The van der Waals surface area contributed by atoms with Gasteiger partial charge in [0.15, 0.2) is 0 Å². The van der Waals surface area contributed by atoms with Crippen LogP contribution >= 0.6 is 0 Å². The molecule has 7 rings (SSSR count). The highest BCUT2D eigenvalue weighted by Gasteiger charge is 2.32. The van der Waals surface area contributed by atoms with Crippen molar-refractivity contribution in [1.82, 2.24) is 10.6 Å². The lowest BCUT2D eigenvalue weighted by molar-refractivity contribution is 0.0878. The number of phenols is 2. The van der Waals surface area contributed by atoms with E-state index in [1.165, 1.54) is 0 Å². The molecule has 1 unspecified atom stereocenters. The Balaban J connectivity index is 1.49. The van der Waals surface area contributed by atoms with Crippen LogP contribution in [0.1, 0.15) is 55.1 Å². The van der Waals surface area contributed by atoms with Crippen LogP contribution in [0.3, 0.4) is 0 Å². The molecule has 4 N–H and O–H groups in total. The van der Waals surface area contributed by atoms with Crippen molar-refractivity contribution in [1.29, 1.82) is 0 Å². The van der Waals surface area contributed by atoms with Crippen molar-refractivity contribution in [3.8, 4) is 11.5 Å². The molecule has 0 fully saturated rings. The number of aromatic hydroxyl groups is 2. The number of hydrogen-bond acceptors (Lipinski definition) is 4. The standard InChI is InChI=1S/C40H32N2O4/c1-24-20-31-29-18-10-8-16-27(29)22-33(37(31)43)39(45)41-35(25-12-4-2-5-13-25)36(26-14-6-3-7-15-26)42-40(46)34-23-28-17-9-11-19-30(28)32(21-24)38(34)44/h2-19,22-23,35-36,43-44H,1,20-21H2,(H,41,45)(H,42,46)/t35-,36?/m1/s1. The summed E-state index contributed by atoms with van der Waals surface area (Å²) in [5.41, 5.74) is 3.63. The van der Waals surface area contributed by atoms with Crippen molar-refractivity contribution >= 4 is 33.4 Å². The predicted octanol–water partition coefficient (Wildman–Crippen LogP) is 7.70. The Morgan fingerprint density at radius 1 is 0.543 bits per heavy atom. The predicted molar refractivity (Wildman–Crippen MR) is 181 cm³/mol. The lowest BCUT2D eigenvalue weighted by Crippen LogP contribution is -2.41. The Kier molecular flexibility index (Phi) is 7.47. The maximum atomic E-state index is 14.2. The summed E-state index contributed by atoms with van der Waals surface area (Å²) in [6.45, 7) is 4.32. The molecule has 4 bridgehead atoms. The van der Waals surface area contributed by atoms with Gasteiger partial charge in [-0.05, 0) is 57.6 Å². The summed E-state index contributed by atoms with van der Waals surface area (Å²) < 4.78 is 0. The molecule has 6 nitrogen and oxygen atoms in total. The van der Waals surface area contributed by atoms with E-state index in [0.29, 0.717) is 16.7 Å². The van der Waals surface area contributed by atoms with Crippen LogP contribution in [-0.2, 0) is 12.8 Å². The fourth-order valence-electron chi connectivity index (χ4n) is 6.57. The molecule has 6 aromatic carbocycles. The smallest absolute Gasteiger partial charge is 0.255 e. The van der Waals surface area contributed by atoms with Gasteiger partial charge in [-0.3, -0.25) is 9.59 Å². The minimum atomic E-state index is -0.739. The van der Waals surface area contributed by atoms with E-state index in [0.717, 1.165) is 32.7 Å². The molecule has 226 valence electrons. The van der Waals surface area contributed by atoms with Gasteiger partial charge in [-0.1, -0.05) is 121 Å². The van der Waals surface area contributed by atoms with E-state index < -0.39 is 23.9 Å². The molecule has 1 heterocycles. The Morgan fingerprint density at radius 2 is 0.913 bits per heavy atom. The second kappa shape index (κ2) is 11.9. The van der Waals surface area contributed by atoms with Crippen LogP contribution < -0.4 is 10.6 Å². The maximum absolute atomic E-state index is 14.2. The topological polar surface area (TPSA) is 98.7 Å². The van der Waals surface area contributed by atoms with Crippen molar-refractivity contribution in [3.63, 3.8) is 0 Å². The van der Waals surface area contributed by atoms with Gasteiger partial charge in [0.25, 0.3) is 11.8 Å². The van der Waals surface area contributed by atoms with Crippen molar-refractivity contribution in [3.05, 3.63) is 167 Å². The van der Waals surface area contributed by atoms with Crippen molar-refractivity contribution in [2.24, 2.45) is 0 Å². The van der Waals surface area contributed by atoms with Crippen molar-refractivity contribution in [2.45, 2.75) is 24.9 Å². The molecule has 6 heteroatoms. The number of allylic oxidation sites excluding steroid dienone is 1. The van der Waals surface area contributed by atoms with Crippen LogP contribution in [0.25, 0.3) is 21.5 Å². The van der Waals surface area contributed by atoms with Gasteiger partial charge in [0, 0.05) is 11.1 Å². The first-order valence-corrected chi connectivity index (χ1v) is 15.2. The number of fused-ring (bicyclic) bond motifs is 8. The Morgan fingerprint density at radius 3 is 1.33 bits per heavy atom. The average molecular weight is 605 g/mol. The number of phenolic OH excluding ortho intramolecular Hbond substituents is 2. The van der Waals surface area contributed by atoms with Crippen molar-refractivity contribution < 1.29 is 19.8 Å². The van der Waals surface area contributed by atoms with E-state index in [4.69, 9.17) is 0 Å². The number of nitrogens with one attached hydrogen (secondary N) is 2. The molecular formula is C40H32N2O4. The zero-order valence-electron chi connectivity index (χ0n) is 25.0. The number of benzene rings is 6. The van der Waals surface area contributed by atoms with Gasteiger partial charge in [0.05, 0.1) is 23.2 Å². The number of hydrogen-bond donors (Lipinski definition) is 4. The fraction of sp³-hybridized carbons (Fsp3) is 0.100. The summed E-state index contributed by atoms with van der Waals surface area (Å²) in [5, 5.41) is 33.0. The first kappa shape index (κ1) is 28.9. The van der Waals surface area contributed by atoms with E-state index >= 15 is 0 Å². The highest BCUT2D eigenvalue weighted by atomic mass is 16.3. The molecule has 0 aromatic heterocycles. The van der Waals surface area contributed by atoms with E-state index in [-0.39, 0.29) is 35.5 Å². The van der Waals surface area contributed by atoms with Crippen LogP contribution in [-0.4, -0.2) is 22.0 Å². The molecule has 0 saturated carbocycles. The third-order valence-electron chi connectivity index (χ3n) is 8.82. The summed E-state index contributed by atoms with van der Waals surface area (Å²) in [6, 6.07) is 36.0. The monoisotopic (exact) mass is 604 g/mol. The lowest BCUT2D eigenvalue weighted by Gasteiger charge is -2.30. The molecule has 0 saturated heterocycles. The zero-order chi connectivity index (χ0) is 31.8. The minimum absolute atomic E-state index is 0.123.